The van der Waals surface area contributed by atoms with E-state index in [1.54, 1.807) is 0 Å². The molecule has 0 saturated heterocycles. The van der Waals surface area contributed by atoms with E-state index in [0.29, 0.717) is 12.8 Å². The summed E-state index contributed by atoms with van der Waals surface area (Å²) in [6, 6.07) is 0. The summed E-state index contributed by atoms with van der Waals surface area (Å²) in [6.45, 7) is 0. The van der Waals surface area contributed by atoms with E-state index in [1.165, 1.54) is 0 Å². The Hall–Kier alpha value is -0.750. The summed E-state index contributed by atoms with van der Waals surface area (Å²) in [6.07, 6.45) is 0.369. The van der Waals surface area contributed by atoms with Gasteiger partial charge in [-0.2, -0.15) is 0 Å². The first-order valence-electron chi connectivity index (χ1n) is 5.04. The van der Waals surface area contributed by atoms with Crippen molar-refractivity contribution in [2.45, 2.75) is 24.7 Å². The molecule has 18 heavy (non-hydrogen) atoms. The van der Waals surface area contributed by atoms with Crippen molar-refractivity contribution in [1.82, 2.24) is 0 Å². The molecule has 1 aromatic carbocycles. The molecule has 1 aliphatic carbocycles. The number of aliphatic carboxylic acids is 1. The molecule has 0 spiro atoms. The molecule has 2 rings (SSSR count). The number of carboxylic acid groups (broad SMARTS) is 1. The SMILES string of the molecule is O=C(O)CC1(c2c(F)c(F)c(Cl)c(F)c2Br)CC1. The Kier molecular flexibility index (Phi) is 3.36. The number of hydrogen-bond donors (Lipinski definition) is 1. The summed E-state index contributed by atoms with van der Waals surface area (Å²) in [4.78, 5) is 10.7. The molecule has 1 N–H and O–H groups in total. The fourth-order valence-corrected chi connectivity index (χ4v) is 3.11. The maximum absolute atomic E-state index is 13.8. The van der Waals surface area contributed by atoms with Gasteiger partial charge in [-0.15, -0.1) is 0 Å². The molecule has 1 fully saturated rings. The van der Waals surface area contributed by atoms with Gasteiger partial charge in [0.1, 0.15) is 5.02 Å². The van der Waals surface area contributed by atoms with Crippen LogP contribution in [0.4, 0.5) is 13.2 Å². The lowest BCUT2D eigenvalue weighted by molar-refractivity contribution is -0.137. The van der Waals surface area contributed by atoms with Gasteiger partial charge in [0.15, 0.2) is 17.5 Å². The Balaban J connectivity index is 2.62. The van der Waals surface area contributed by atoms with Crippen molar-refractivity contribution in [3.05, 3.63) is 32.5 Å². The fourth-order valence-electron chi connectivity index (χ4n) is 2.03. The van der Waals surface area contributed by atoms with Crippen LogP contribution in [0.2, 0.25) is 5.02 Å². The lowest BCUT2D eigenvalue weighted by Gasteiger charge is -2.17. The van der Waals surface area contributed by atoms with Crippen molar-refractivity contribution >= 4 is 33.5 Å². The molecule has 0 heterocycles. The molecule has 0 bridgehead atoms. The van der Waals surface area contributed by atoms with E-state index in [2.05, 4.69) is 15.9 Å². The first-order chi connectivity index (χ1) is 8.30. The van der Waals surface area contributed by atoms with Crippen LogP contribution in [0.25, 0.3) is 0 Å². The standard InChI is InChI=1S/C11H7BrClF3O2/c12-6-5(11(1-2-11)3-4(17)18)8(14)10(16)7(13)9(6)15/h1-3H2,(H,17,18). The van der Waals surface area contributed by atoms with Crippen molar-refractivity contribution in [2.75, 3.05) is 0 Å². The van der Waals surface area contributed by atoms with Gasteiger partial charge in [-0.3, -0.25) is 4.79 Å². The fraction of sp³-hybridized carbons (Fsp3) is 0.364. The summed E-state index contributed by atoms with van der Waals surface area (Å²) in [5.74, 6) is -5.02. The van der Waals surface area contributed by atoms with Crippen molar-refractivity contribution in [1.29, 1.82) is 0 Å². The molecule has 0 atom stereocenters. The Labute approximate surface area is 114 Å². The molecule has 1 saturated carbocycles. The van der Waals surface area contributed by atoms with Crippen LogP contribution in [0.3, 0.4) is 0 Å². The van der Waals surface area contributed by atoms with Crippen molar-refractivity contribution in [2.24, 2.45) is 0 Å². The molecule has 0 unspecified atom stereocenters. The largest absolute Gasteiger partial charge is 0.481 e. The number of carboxylic acids is 1. The Bertz CT molecular complexity index is 515. The monoisotopic (exact) mass is 342 g/mol. The molecule has 1 aromatic rings. The van der Waals surface area contributed by atoms with Gasteiger partial charge in [0.05, 0.1) is 10.9 Å². The summed E-state index contributed by atoms with van der Waals surface area (Å²) >= 11 is 8.12. The molecule has 98 valence electrons. The summed E-state index contributed by atoms with van der Waals surface area (Å²) in [5, 5.41) is 7.84. The van der Waals surface area contributed by atoms with Crippen molar-refractivity contribution in [3.8, 4) is 0 Å². The first kappa shape index (κ1) is 13.7. The molecule has 0 radical (unpaired) electrons. The average molecular weight is 344 g/mol. The molecular weight excluding hydrogens is 336 g/mol. The van der Waals surface area contributed by atoms with Crippen LogP contribution < -0.4 is 0 Å². The van der Waals surface area contributed by atoms with Gasteiger partial charge >= 0.3 is 5.97 Å². The minimum Gasteiger partial charge on any atom is -0.481 e. The summed E-state index contributed by atoms with van der Waals surface area (Å²) < 4.78 is 40.5. The lowest BCUT2D eigenvalue weighted by atomic mass is 9.91. The van der Waals surface area contributed by atoms with Crippen LogP contribution in [0.1, 0.15) is 24.8 Å². The van der Waals surface area contributed by atoms with E-state index in [9.17, 15) is 18.0 Å². The Morgan fingerprint density at radius 3 is 2.28 bits per heavy atom. The van der Waals surface area contributed by atoms with E-state index in [-0.39, 0.29) is 16.5 Å². The number of hydrogen-bond acceptors (Lipinski definition) is 1. The minimum atomic E-state index is -1.48. The number of halogens is 5. The normalized spacial score (nSPS) is 16.7. The molecule has 1 aliphatic rings. The maximum atomic E-state index is 13.8. The van der Waals surface area contributed by atoms with E-state index < -0.39 is 33.9 Å². The number of carbonyl (C=O) groups is 1. The highest BCUT2D eigenvalue weighted by atomic mass is 79.9. The van der Waals surface area contributed by atoms with Crippen molar-refractivity contribution < 1.29 is 23.1 Å². The van der Waals surface area contributed by atoms with Crippen LogP contribution in [-0.2, 0) is 10.2 Å². The van der Waals surface area contributed by atoms with Crippen LogP contribution in [-0.4, -0.2) is 11.1 Å². The second kappa shape index (κ2) is 4.42. The van der Waals surface area contributed by atoms with Gasteiger partial charge in [0.25, 0.3) is 0 Å². The van der Waals surface area contributed by atoms with E-state index in [0.717, 1.165) is 0 Å². The van der Waals surface area contributed by atoms with Gasteiger partial charge < -0.3 is 5.11 Å². The zero-order valence-corrected chi connectivity index (χ0v) is 11.2. The second-order valence-electron chi connectivity index (χ2n) is 4.30. The predicted octanol–water partition coefficient (Wildman–Crippen LogP) is 4.03. The van der Waals surface area contributed by atoms with Gasteiger partial charge in [0.2, 0.25) is 0 Å². The maximum Gasteiger partial charge on any atom is 0.304 e. The summed E-state index contributed by atoms with van der Waals surface area (Å²) in [5.41, 5.74) is -1.31. The topological polar surface area (TPSA) is 37.3 Å². The number of benzene rings is 1. The van der Waals surface area contributed by atoms with Gasteiger partial charge in [-0.05, 0) is 28.8 Å². The Morgan fingerprint density at radius 1 is 1.28 bits per heavy atom. The van der Waals surface area contributed by atoms with Gasteiger partial charge in [-0.25, -0.2) is 13.2 Å². The summed E-state index contributed by atoms with van der Waals surface area (Å²) in [7, 11) is 0. The quantitative estimate of drug-likeness (QED) is 0.665. The second-order valence-corrected chi connectivity index (χ2v) is 5.47. The molecule has 0 aromatic heterocycles. The Morgan fingerprint density at radius 2 is 1.83 bits per heavy atom. The smallest absolute Gasteiger partial charge is 0.304 e. The lowest BCUT2D eigenvalue weighted by Crippen LogP contribution is -2.17. The van der Waals surface area contributed by atoms with E-state index in [4.69, 9.17) is 16.7 Å². The minimum absolute atomic E-state index is 0.274. The highest BCUT2D eigenvalue weighted by Crippen LogP contribution is 2.55. The third kappa shape index (κ3) is 2.01. The first-order valence-corrected chi connectivity index (χ1v) is 6.21. The van der Waals surface area contributed by atoms with E-state index in [1.807, 2.05) is 0 Å². The van der Waals surface area contributed by atoms with Crippen LogP contribution in [0.5, 0.6) is 0 Å². The zero-order chi connectivity index (χ0) is 13.7. The highest BCUT2D eigenvalue weighted by Gasteiger charge is 2.50. The molecule has 0 aliphatic heterocycles. The molecular formula is C11H7BrClF3O2. The van der Waals surface area contributed by atoms with Gasteiger partial charge in [-0.1, -0.05) is 11.6 Å². The number of rotatable bonds is 3. The molecule has 7 heteroatoms. The molecule has 2 nitrogen and oxygen atoms in total. The highest BCUT2D eigenvalue weighted by molar-refractivity contribution is 9.10. The van der Waals surface area contributed by atoms with Crippen LogP contribution >= 0.6 is 27.5 Å². The molecule has 0 amide bonds. The van der Waals surface area contributed by atoms with Crippen LogP contribution in [0.15, 0.2) is 4.47 Å². The average Bonchev–Trinajstić information content (AvgIpc) is 3.03. The third-order valence-corrected chi connectivity index (χ3v) is 4.16. The van der Waals surface area contributed by atoms with Crippen molar-refractivity contribution in [3.63, 3.8) is 0 Å². The van der Waals surface area contributed by atoms with Crippen LogP contribution in [0, 0.1) is 17.5 Å². The zero-order valence-electron chi connectivity index (χ0n) is 8.87. The third-order valence-electron chi connectivity index (χ3n) is 3.08. The predicted molar refractivity (Wildman–Crippen MR) is 62.2 cm³/mol. The van der Waals surface area contributed by atoms with E-state index >= 15 is 0 Å². The van der Waals surface area contributed by atoms with Gasteiger partial charge in [0, 0.05) is 11.0 Å².